The van der Waals surface area contributed by atoms with Crippen LogP contribution < -0.4 is 21.0 Å². The number of hydrogen-bond acceptors (Lipinski definition) is 8. The SMILES string of the molecule is C=CC(=O)Nc1cccc(-n2ccc(=O)c3cnc(Nc4ccc(N5CCN(CC(C)O)CC5)c(F)c4F)nc32)c1. The number of fused-ring (bicyclic) bond motifs is 1. The number of aromatic nitrogens is 3. The van der Waals surface area contributed by atoms with E-state index >= 15 is 8.78 Å². The van der Waals surface area contributed by atoms with Gasteiger partial charge in [-0.05, 0) is 43.3 Å². The van der Waals surface area contributed by atoms with E-state index in [0.29, 0.717) is 44.1 Å². The summed E-state index contributed by atoms with van der Waals surface area (Å²) in [6.45, 7) is 7.95. The van der Waals surface area contributed by atoms with Crippen LogP contribution >= 0.6 is 0 Å². The number of benzene rings is 2. The third-order valence-electron chi connectivity index (χ3n) is 6.76. The van der Waals surface area contributed by atoms with Crippen molar-refractivity contribution < 1.29 is 18.7 Å². The number of rotatable bonds is 8. The van der Waals surface area contributed by atoms with Gasteiger partial charge in [-0.1, -0.05) is 12.6 Å². The third kappa shape index (κ3) is 6.08. The van der Waals surface area contributed by atoms with Crippen molar-refractivity contribution in [1.29, 1.82) is 0 Å². The van der Waals surface area contributed by atoms with E-state index in [1.165, 1.54) is 30.6 Å². The fourth-order valence-electron chi connectivity index (χ4n) is 4.77. The Morgan fingerprint density at radius 2 is 1.93 bits per heavy atom. The molecule has 1 aliphatic heterocycles. The monoisotopic (exact) mass is 561 g/mol. The van der Waals surface area contributed by atoms with Gasteiger partial charge in [0.25, 0.3) is 0 Å². The van der Waals surface area contributed by atoms with Gasteiger partial charge in [-0.2, -0.15) is 4.98 Å². The average molecular weight is 562 g/mol. The fraction of sp³-hybridized carbons (Fsp3) is 0.241. The molecule has 4 aromatic rings. The van der Waals surface area contributed by atoms with E-state index in [1.807, 2.05) is 0 Å². The summed E-state index contributed by atoms with van der Waals surface area (Å²) in [6, 6.07) is 11.2. The number of pyridine rings is 1. The highest BCUT2D eigenvalue weighted by Crippen LogP contribution is 2.29. The smallest absolute Gasteiger partial charge is 0.247 e. The van der Waals surface area contributed by atoms with Crippen LogP contribution in [-0.4, -0.2) is 69.3 Å². The van der Waals surface area contributed by atoms with E-state index in [-0.39, 0.29) is 39.7 Å². The van der Waals surface area contributed by atoms with Gasteiger partial charge in [-0.15, -0.1) is 0 Å². The zero-order chi connectivity index (χ0) is 29.1. The van der Waals surface area contributed by atoms with Gasteiger partial charge in [0, 0.05) is 62.6 Å². The maximum Gasteiger partial charge on any atom is 0.247 e. The molecular weight excluding hydrogens is 532 g/mol. The van der Waals surface area contributed by atoms with Crippen molar-refractivity contribution in [2.45, 2.75) is 13.0 Å². The molecule has 41 heavy (non-hydrogen) atoms. The van der Waals surface area contributed by atoms with Crippen LogP contribution in [0.3, 0.4) is 0 Å². The molecule has 10 nitrogen and oxygen atoms in total. The Bertz CT molecular complexity index is 1670. The number of piperazine rings is 1. The number of aliphatic hydroxyl groups is 1. The van der Waals surface area contributed by atoms with Crippen molar-refractivity contribution in [1.82, 2.24) is 19.4 Å². The zero-order valence-electron chi connectivity index (χ0n) is 22.3. The van der Waals surface area contributed by atoms with Gasteiger partial charge in [0.15, 0.2) is 22.7 Å². The maximum atomic E-state index is 15.2. The first-order chi connectivity index (χ1) is 19.7. The molecule has 212 valence electrons. The molecule has 3 N–H and O–H groups in total. The number of hydrogen-bond donors (Lipinski definition) is 3. The number of aliphatic hydroxyl groups excluding tert-OH is 1. The molecular formula is C29H29F2N7O3. The molecule has 0 radical (unpaired) electrons. The van der Waals surface area contributed by atoms with Crippen molar-refractivity contribution in [3.05, 3.63) is 89.4 Å². The van der Waals surface area contributed by atoms with Crippen LogP contribution in [0.15, 0.2) is 72.3 Å². The van der Waals surface area contributed by atoms with Crippen molar-refractivity contribution in [3.63, 3.8) is 0 Å². The number of nitrogens with one attached hydrogen (secondary N) is 2. The number of nitrogens with zero attached hydrogens (tertiary/aromatic N) is 5. The summed E-state index contributed by atoms with van der Waals surface area (Å²) >= 11 is 0. The average Bonchev–Trinajstić information content (AvgIpc) is 2.96. The molecule has 5 rings (SSSR count). The summed E-state index contributed by atoms with van der Waals surface area (Å²) in [4.78, 5) is 36.7. The second kappa shape index (κ2) is 11.8. The van der Waals surface area contributed by atoms with Gasteiger partial charge in [-0.3, -0.25) is 14.5 Å². The van der Waals surface area contributed by atoms with Crippen LogP contribution in [-0.2, 0) is 4.79 Å². The van der Waals surface area contributed by atoms with E-state index < -0.39 is 17.7 Å². The molecule has 2 aromatic carbocycles. The Kier molecular flexibility index (Phi) is 8.04. The number of β-amino-alcohol motifs (C(OH)–C–C–N with tert-alkyl or cyclic N) is 1. The van der Waals surface area contributed by atoms with E-state index in [9.17, 15) is 14.7 Å². The lowest BCUT2D eigenvalue weighted by Crippen LogP contribution is -2.48. The van der Waals surface area contributed by atoms with Crippen molar-refractivity contribution in [2.24, 2.45) is 0 Å². The molecule has 0 bridgehead atoms. The number of halogens is 2. The Balaban J connectivity index is 1.42. The molecule has 3 heterocycles. The molecule has 1 saturated heterocycles. The van der Waals surface area contributed by atoms with Gasteiger partial charge < -0.3 is 25.2 Å². The lowest BCUT2D eigenvalue weighted by Gasteiger charge is -2.36. The first-order valence-corrected chi connectivity index (χ1v) is 13.1. The molecule has 0 spiro atoms. The summed E-state index contributed by atoms with van der Waals surface area (Å²) in [5.41, 5.74) is 1.02. The third-order valence-corrected chi connectivity index (χ3v) is 6.76. The van der Waals surface area contributed by atoms with Crippen LogP contribution in [0.25, 0.3) is 16.7 Å². The fourth-order valence-corrected chi connectivity index (χ4v) is 4.77. The van der Waals surface area contributed by atoms with Gasteiger partial charge in [0.05, 0.1) is 22.9 Å². The van der Waals surface area contributed by atoms with Gasteiger partial charge in [-0.25, -0.2) is 13.8 Å². The lowest BCUT2D eigenvalue weighted by atomic mass is 10.2. The minimum atomic E-state index is -1.08. The minimum absolute atomic E-state index is 0.0363. The number of carbonyl (C=O) groups excluding carboxylic acids is 1. The van der Waals surface area contributed by atoms with Crippen molar-refractivity contribution >= 4 is 40.0 Å². The standard InChI is InChI=1S/C29H29F2N7O3/c1-3-25(41)33-19-5-4-6-20(15-19)38-10-9-24(40)21-16-32-29(35-28(21)38)34-22-7-8-23(27(31)26(22)30)37-13-11-36(12-14-37)17-18(2)39/h3-10,15-16,18,39H,1,11-14,17H2,2H3,(H,33,41)(H,32,34,35). The molecule has 0 saturated carbocycles. The van der Waals surface area contributed by atoms with Crippen LogP contribution in [0.4, 0.5) is 31.8 Å². The van der Waals surface area contributed by atoms with E-state index in [0.717, 1.165) is 6.08 Å². The van der Waals surface area contributed by atoms with Crippen LogP contribution in [0.5, 0.6) is 0 Å². The summed E-state index contributed by atoms with van der Waals surface area (Å²) in [5, 5.41) is 15.2. The molecule has 12 heteroatoms. The predicted molar refractivity (Wildman–Crippen MR) is 154 cm³/mol. The summed E-state index contributed by atoms with van der Waals surface area (Å²) in [5.74, 6) is -2.48. The van der Waals surface area contributed by atoms with E-state index in [2.05, 4.69) is 32.1 Å². The van der Waals surface area contributed by atoms with Crippen molar-refractivity contribution in [3.8, 4) is 5.69 Å². The van der Waals surface area contributed by atoms with Gasteiger partial charge in [0.2, 0.25) is 11.9 Å². The second-order valence-corrected chi connectivity index (χ2v) is 9.75. The van der Waals surface area contributed by atoms with E-state index in [4.69, 9.17) is 0 Å². The molecule has 1 aliphatic rings. The molecule has 1 fully saturated rings. The molecule has 1 atom stereocenters. The van der Waals surface area contributed by atoms with Crippen LogP contribution in [0.2, 0.25) is 0 Å². The zero-order valence-corrected chi connectivity index (χ0v) is 22.3. The Hall–Kier alpha value is -4.68. The molecule has 1 amide bonds. The molecule has 1 unspecified atom stereocenters. The maximum absolute atomic E-state index is 15.2. The van der Waals surface area contributed by atoms with Crippen molar-refractivity contribution in [2.75, 3.05) is 48.3 Å². The van der Waals surface area contributed by atoms with Gasteiger partial charge >= 0.3 is 0 Å². The Morgan fingerprint density at radius 3 is 2.66 bits per heavy atom. The highest BCUT2D eigenvalue weighted by Gasteiger charge is 2.23. The lowest BCUT2D eigenvalue weighted by molar-refractivity contribution is -0.111. The number of carbonyl (C=O) groups is 1. The predicted octanol–water partition coefficient (Wildman–Crippen LogP) is 3.43. The summed E-state index contributed by atoms with van der Waals surface area (Å²) < 4.78 is 32.0. The Morgan fingerprint density at radius 1 is 1.15 bits per heavy atom. The summed E-state index contributed by atoms with van der Waals surface area (Å²) in [6.07, 6.45) is 3.55. The largest absolute Gasteiger partial charge is 0.392 e. The minimum Gasteiger partial charge on any atom is -0.392 e. The second-order valence-electron chi connectivity index (χ2n) is 9.75. The number of amides is 1. The molecule has 0 aliphatic carbocycles. The highest BCUT2D eigenvalue weighted by molar-refractivity contribution is 5.99. The Labute approximate surface area is 234 Å². The van der Waals surface area contributed by atoms with Crippen LogP contribution in [0, 0.1) is 11.6 Å². The van der Waals surface area contributed by atoms with E-state index in [1.54, 1.807) is 40.7 Å². The first kappa shape index (κ1) is 27.9. The first-order valence-electron chi connectivity index (χ1n) is 13.1. The number of anilines is 4. The quantitative estimate of drug-likeness (QED) is 0.281. The molecule has 2 aromatic heterocycles. The van der Waals surface area contributed by atoms with Crippen LogP contribution in [0.1, 0.15) is 6.92 Å². The topological polar surface area (TPSA) is 116 Å². The normalized spacial score (nSPS) is 14.6. The summed E-state index contributed by atoms with van der Waals surface area (Å²) in [7, 11) is 0. The highest BCUT2D eigenvalue weighted by atomic mass is 19.2. The van der Waals surface area contributed by atoms with Gasteiger partial charge in [0.1, 0.15) is 0 Å².